The molecule has 0 radical (unpaired) electrons. The van der Waals surface area contributed by atoms with Gasteiger partial charge in [0.25, 0.3) is 10.2 Å². The number of aliphatic hydroxyl groups is 1. The van der Waals surface area contributed by atoms with Gasteiger partial charge in [0.15, 0.2) is 0 Å². The maximum Gasteiger partial charge on any atom is 0.324 e. The van der Waals surface area contributed by atoms with Gasteiger partial charge in [0.2, 0.25) is 0 Å². The lowest BCUT2D eigenvalue weighted by molar-refractivity contribution is -0.139. The molecule has 0 aliphatic rings. The van der Waals surface area contributed by atoms with Crippen LogP contribution in [-0.2, 0) is 15.0 Å². The van der Waals surface area contributed by atoms with Crippen LogP contribution in [0.15, 0.2) is 0 Å². The number of nitrogens with one attached hydrogen (secondary N) is 2. The van der Waals surface area contributed by atoms with Gasteiger partial charge >= 0.3 is 5.97 Å². The molecule has 4 N–H and O–H groups in total. The van der Waals surface area contributed by atoms with Crippen LogP contribution in [0.5, 0.6) is 0 Å². The SMILES string of the molecule is CCNS(=O)(=O)NC(CO)C(=O)O. The van der Waals surface area contributed by atoms with Crippen molar-refractivity contribution in [3.8, 4) is 0 Å². The molecule has 0 amide bonds. The molecule has 8 heteroatoms. The second-order valence-electron chi connectivity index (χ2n) is 2.19. The number of aliphatic hydroxyl groups excluding tert-OH is 1. The Kier molecular flexibility index (Phi) is 4.85. The Bertz CT molecular complexity index is 262. The quantitative estimate of drug-likeness (QED) is 0.401. The van der Waals surface area contributed by atoms with Crippen LogP contribution in [0.3, 0.4) is 0 Å². The fourth-order valence-electron chi connectivity index (χ4n) is 0.585. The first-order chi connectivity index (χ1) is 5.93. The number of aliphatic carboxylic acids is 1. The van der Waals surface area contributed by atoms with E-state index in [1.165, 1.54) is 0 Å². The fraction of sp³-hybridized carbons (Fsp3) is 0.800. The summed E-state index contributed by atoms with van der Waals surface area (Å²) in [7, 11) is -3.83. The van der Waals surface area contributed by atoms with Gasteiger partial charge in [-0.05, 0) is 0 Å². The third-order valence-electron chi connectivity index (χ3n) is 1.11. The smallest absolute Gasteiger partial charge is 0.324 e. The van der Waals surface area contributed by atoms with Crippen molar-refractivity contribution in [1.29, 1.82) is 0 Å². The van der Waals surface area contributed by atoms with Crippen molar-refractivity contribution in [3.05, 3.63) is 0 Å². The van der Waals surface area contributed by atoms with E-state index in [9.17, 15) is 13.2 Å². The maximum absolute atomic E-state index is 10.9. The molecule has 0 aromatic heterocycles. The number of hydrogen-bond acceptors (Lipinski definition) is 4. The molecule has 1 atom stereocenters. The molecule has 0 aliphatic carbocycles. The number of carbonyl (C=O) groups is 1. The van der Waals surface area contributed by atoms with E-state index in [2.05, 4.69) is 0 Å². The number of hydrogen-bond donors (Lipinski definition) is 4. The second kappa shape index (κ2) is 5.12. The van der Waals surface area contributed by atoms with E-state index in [0.717, 1.165) is 0 Å². The number of carboxylic acids is 1. The Balaban J connectivity index is 4.31. The summed E-state index contributed by atoms with van der Waals surface area (Å²) in [5.41, 5.74) is 0. The molecule has 0 aromatic carbocycles. The molecular weight excluding hydrogens is 200 g/mol. The Morgan fingerprint density at radius 2 is 2.08 bits per heavy atom. The van der Waals surface area contributed by atoms with Crippen molar-refractivity contribution in [2.24, 2.45) is 0 Å². The summed E-state index contributed by atoms with van der Waals surface area (Å²) in [6, 6.07) is -1.51. The van der Waals surface area contributed by atoms with E-state index in [1.54, 1.807) is 11.6 Å². The highest BCUT2D eigenvalue weighted by molar-refractivity contribution is 7.87. The molecule has 0 aromatic rings. The zero-order chi connectivity index (χ0) is 10.5. The van der Waals surface area contributed by atoms with E-state index >= 15 is 0 Å². The number of rotatable bonds is 6. The summed E-state index contributed by atoms with van der Waals surface area (Å²) in [5.74, 6) is -1.43. The fourth-order valence-corrected chi connectivity index (χ4v) is 1.60. The predicted molar refractivity (Wildman–Crippen MR) is 44.2 cm³/mol. The van der Waals surface area contributed by atoms with Crippen molar-refractivity contribution in [2.45, 2.75) is 13.0 Å². The minimum Gasteiger partial charge on any atom is -0.480 e. The molecule has 13 heavy (non-hydrogen) atoms. The lowest BCUT2D eigenvalue weighted by Crippen LogP contribution is -2.48. The van der Waals surface area contributed by atoms with Crippen LogP contribution in [0.2, 0.25) is 0 Å². The molecule has 0 fully saturated rings. The molecule has 0 saturated carbocycles. The molecular formula is C5H12N2O5S. The van der Waals surface area contributed by atoms with Gasteiger partial charge in [0, 0.05) is 6.54 Å². The summed E-state index contributed by atoms with van der Waals surface area (Å²) < 4.78 is 25.6. The largest absolute Gasteiger partial charge is 0.480 e. The predicted octanol–water partition coefficient (Wildman–Crippen LogP) is -2.12. The first-order valence-electron chi connectivity index (χ1n) is 3.53. The van der Waals surface area contributed by atoms with Crippen LogP contribution in [0.25, 0.3) is 0 Å². The van der Waals surface area contributed by atoms with Crippen molar-refractivity contribution in [3.63, 3.8) is 0 Å². The zero-order valence-electron chi connectivity index (χ0n) is 7.02. The molecule has 0 heterocycles. The van der Waals surface area contributed by atoms with Crippen LogP contribution in [0.1, 0.15) is 6.92 Å². The minimum atomic E-state index is -3.83. The molecule has 0 aliphatic heterocycles. The van der Waals surface area contributed by atoms with Crippen LogP contribution in [-0.4, -0.2) is 43.8 Å². The Morgan fingerprint density at radius 3 is 2.38 bits per heavy atom. The normalized spacial score (nSPS) is 14.0. The summed E-state index contributed by atoms with van der Waals surface area (Å²) >= 11 is 0. The average molecular weight is 212 g/mol. The van der Waals surface area contributed by atoms with E-state index in [0.29, 0.717) is 0 Å². The lowest BCUT2D eigenvalue weighted by Gasteiger charge is -2.11. The highest BCUT2D eigenvalue weighted by Crippen LogP contribution is 1.86. The Morgan fingerprint density at radius 1 is 1.54 bits per heavy atom. The Labute approximate surface area is 75.9 Å². The molecule has 78 valence electrons. The van der Waals surface area contributed by atoms with Gasteiger partial charge in [-0.1, -0.05) is 6.92 Å². The van der Waals surface area contributed by atoms with Gasteiger partial charge in [-0.25, -0.2) is 4.72 Å². The van der Waals surface area contributed by atoms with E-state index in [1.807, 2.05) is 4.72 Å². The molecule has 0 bridgehead atoms. The second-order valence-corrected chi connectivity index (χ2v) is 3.72. The summed E-state index contributed by atoms with van der Waals surface area (Å²) in [6.45, 7) is 0.904. The van der Waals surface area contributed by atoms with Crippen LogP contribution >= 0.6 is 0 Å². The van der Waals surface area contributed by atoms with Crippen molar-refractivity contribution < 1.29 is 23.4 Å². The number of carboxylic acid groups (broad SMARTS) is 1. The third kappa shape index (κ3) is 4.78. The topological polar surface area (TPSA) is 116 Å². The van der Waals surface area contributed by atoms with Gasteiger partial charge in [0.05, 0.1) is 6.61 Å². The Hall–Kier alpha value is -0.700. The minimum absolute atomic E-state index is 0.146. The van der Waals surface area contributed by atoms with Crippen molar-refractivity contribution in [1.82, 2.24) is 9.44 Å². The molecule has 0 rings (SSSR count). The summed E-state index contributed by atoms with van der Waals surface area (Å²) in [5, 5.41) is 16.9. The van der Waals surface area contributed by atoms with Gasteiger partial charge in [-0.3, -0.25) is 4.79 Å². The molecule has 0 saturated heterocycles. The lowest BCUT2D eigenvalue weighted by atomic mass is 10.3. The van der Waals surface area contributed by atoms with E-state index in [4.69, 9.17) is 10.2 Å². The third-order valence-corrected chi connectivity index (χ3v) is 2.38. The van der Waals surface area contributed by atoms with Crippen LogP contribution in [0.4, 0.5) is 0 Å². The highest BCUT2D eigenvalue weighted by Gasteiger charge is 2.21. The summed E-state index contributed by atoms with van der Waals surface area (Å²) in [6.07, 6.45) is 0. The van der Waals surface area contributed by atoms with Gasteiger partial charge in [-0.2, -0.15) is 13.1 Å². The molecule has 0 spiro atoms. The van der Waals surface area contributed by atoms with Crippen LogP contribution < -0.4 is 9.44 Å². The van der Waals surface area contributed by atoms with Crippen molar-refractivity contribution >= 4 is 16.2 Å². The van der Waals surface area contributed by atoms with Gasteiger partial charge in [0.1, 0.15) is 6.04 Å². The molecule has 1 unspecified atom stereocenters. The highest BCUT2D eigenvalue weighted by atomic mass is 32.2. The average Bonchev–Trinajstić information content (AvgIpc) is 1.99. The van der Waals surface area contributed by atoms with E-state index < -0.39 is 28.8 Å². The van der Waals surface area contributed by atoms with E-state index in [-0.39, 0.29) is 6.54 Å². The first kappa shape index (κ1) is 12.3. The monoisotopic (exact) mass is 212 g/mol. The van der Waals surface area contributed by atoms with Gasteiger partial charge in [-0.15, -0.1) is 0 Å². The first-order valence-corrected chi connectivity index (χ1v) is 5.01. The van der Waals surface area contributed by atoms with Crippen molar-refractivity contribution in [2.75, 3.05) is 13.2 Å². The summed E-state index contributed by atoms with van der Waals surface area (Å²) in [4.78, 5) is 10.3. The molecule has 7 nitrogen and oxygen atoms in total. The maximum atomic E-state index is 10.9. The standard InChI is InChI=1S/C5H12N2O5S/c1-2-6-13(11,12)7-4(3-8)5(9)10/h4,6-8H,2-3H2,1H3,(H,9,10). The zero-order valence-corrected chi connectivity index (χ0v) is 7.84. The van der Waals surface area contributed by atoms with Gasteiger partial charge < -0.3 is 10.2 Å². The van der Waals surface area contributed by atoms with Crippen LogP contribution in [0, 0.1) is 0 Å².